The van der Waals surface area contributed by atoms with Crippen LogP contribution in [-0.4, -0.2) is 37.6 Å². The molecule has 1 rings (SSSR count). The van der Waals surface area contributed by atoms with E-state index in [1.54, 1.807) is 31.4 Å². The second kappa shape index (κ2) is 9.06. The number of rotatable bonds is 9. The first-order chi connectivity index (χ1) is 10.2. The highest BCUT2D eigenvalue weighted by Gasteiger charge is 2.16. The van der Waals surface area contributed by atoms with Crippen molar-refractivity contribution in [1.29, 1.82) is 0 Å². The molecule has 0 heterocycles. The standard InChI is InChI=1S/C17H25NO3/c1-5-8-11-18(7-3)17(19)14-9-10-15(21-12-6-2)16(13-14)20-4/h6,9-10,13H,2,5,7-8,11-12H2,1,3-4H3. The second-order valence-electron chi connectivity index (χ2n) is 4.70. The van der Waals surface area contributed by atoms with Gasteiger partial charge in [0.2, 0.25) is 0 Å². The molecule has 0 N–H and O–H groups in total. The molecule has 0 atom stereocenters. The molecule has 116 valence electrons. The van der Waals surface area contributed by atoms with Gasteiger partial charge < -0.3 is 14.4 Å². The molecule has 1 aromatic rings. The first kappa shape index (κ1) is 17.1. The smallest absolute Gasteiger partial charge is 0.253 e. The maximum absolute atomic E-state index is 12.5. The molecule has 0 bridgehead atoms. The molecule has 4 nitrogen and oxygen atoms in total. The number of amides is 1. The summed E-state index contributed by atoms with van der Waals surface area (Å²) in [5.41, 5.74) is 0.621. The van der Waals surface area contributed by atoms with E-state index in [-0.39, 0.29) is 5.91 Å². The van der Waals surface area contributed by atoms with Gasteiger partial charge in [0.15, 0.2) is 11.5 Å². The lowest BCUT2D eigenvalue weighted by molar-refractivity contribution is 0.0762. The summed E-state index contributed by atoms with van der Waals surface area (Å²) in [7, 11) is 1.57. The third kappa shape index (κ3) is 4.81. The van der Waals surface area contributed by atoms with E-state index in [4.69, 9.17) is 9.47 Å². The topological polar surface area (TPSA) is 38.8 Å². The van der Waals surface area contributed by atoms with E-state index in [2.05, 4.69) is 13.5 Å². The highest BCUT2D eigenvalue weighted by molar-refractivity contribution is 5.94. The highest BCUT2D eigenvalue weighted by Crippen LogP contribution is 2.28. The lowest BCUT2D eigenvalue weighted by Gasteiger charge is -2.21. The Hall–Kier alpha value is -1.97. The lowest BCUT2D eigenvalue weighted by Crippen LogP contribution is -2.31. The van der Waals surface area contributed by atoms with Crippen LogP contribution in [0.3, 0.4) is 0 Å². The minimum atomic E-state index is 0.0273. The molecule has 0 aliphatic heterocycles. The zero-order chi connectivity index (χ0) is 15.7. The Balaban J connectivity index is 2.91. The highest BCUT2D eigenvalue weighted by atomic mass is 16.5. The molecule has 0 fully saturated rings. The van der Waals surface area contributed by atoms with Crippen molar-refractivity contribution in [3.8, 4) is 11.5 Å². The average Bonchev–Trinajstić information content (AvgIpc) is 2.53. The van der Waals surface area contributed by atoms with Crippen molar-refractivity contribution in [3.05, 3.63) is 36.4 Å². The Morgan fingerprint density at radius 3 is 2.67 bits per heavy atom. The molecule has 0 saturated heterocycles. The van der Waals surface area contributed by atoms with E-state index in [1.165, 1.54) is 0 Å². The van der Waals surface area contributed by atoms with Crippen molar-refractivity contribution in [2.24, 2.45) is 0 Å². The molecular weight excluding hydrogens is 266 g/mol. The molecule has 0 radical (unpaired) electrons. The zero-order valence-electron chi connectivity index (χ0n) is 13.2. The number of benzene rings is 1. The average molecular weight is 291 g/mol. The van der Waals surface area contributed by atoms with Crippen molar-refractivity contribution in [3.63, 3.8) is 0 Å². The van der Waals surface area contributed by atoms with Crippen LogP contribution in [0.25, 0.3) is 0 Å². The Morgan fingerprint density at radius 1 is 1.33 bits per heavy atom. The van der Waals surface area contributed by atoms with E-state index >= 15 is 0 Å². The lowest BCUT2D eigenvalue weighted by atomic mass is 10.1. The minimum absolute atomic E-state index is 0.0273. The molecule has 0 aromatic heterocycles. The van der Waals surface area contributed by atoms with Crippen LogP contribution in [0.4, 0.5) is 0 Å². The molecule has 1 amide bonds. The van der Waals surface area contributed by atoms with E-state index in [9.17, 15) is 4.79 Å². The Labute approximate surface area is 127 Å². The van der Waals surface area contributed by atoms with Gasteiger partial charge >= 0.3 is 0 Å². The van der Waals surface area contributed by atoms with Crippen LogP contribution in [0.15, 0.2) is 30.9 Å². The monoisotopic (exact) mass is 291 g/mol. The molecule has 0 aliphatic rings. The van der Waals surface area contributed by atoms with Crippen LogP contribution in [0.1, 0.15) is 37.0 Å². The van der Waals surface area contributed by atoms with Crippen LogP contribution in [0, 0.1) is 0 Å². The van der Waals surface area contributed by atoms with Crippen molar-refractivity contribution in [2.45, 2.75) is 26.7 Å². The van der Waals surface area contributed by atoms with Gasteiger partial charge in [-0.2, -0.15) is 0 Å². The second-order valence-corrected chi connectivity index (χ2v) is 4.70. The molecule has 21 heavy (non-hydrogen) atoms. The molecule has 0 unspecified atom stereocenters. The number of hydrogen-bond acceptors (Lipinski definition) is 3. The summed E-state index contributed by atoms with van der Waals surface area (Å²) in [6, 6.07) is 5.27. The number of nitrogens with zero attached hydrogens (tertiary/aromatic N) is 1. The molecule has 0 aliphatic carbocycles. The van der Waals surface area contributed by atoms with Gasteiger partial charge in [0.05, 0.1) is 7.11 Å². The van der Waals surface area contributed by atoms with E-state index in [0.29, 0.717) is 30.2 Å². The third-order valence-corrected chi connectivity index (χ3v) is 3.22. The summed E-state index contributed by atoms with van der Waals surface area (Å²) in [5.74, 6) is 1.21. The normalized spacial score (nSPS) is 10.0. The Morgan fingerprint density at radius 2 is 2.10 bits per heavy atom. The number of unbranched alkanes of at least 4 members (excludes halogenated alkanes) is 1. The molecular formula is C17H25NO3. The maximum Gasteiger partial charge on any atom is 0.253 e. The van der Waals surface area contributed by atoms with E-state index < -0.39 is 0 Å². The van der Waals surface area contributed by atoms with Gasteiger partial charge in [0.1, 0.15) is 6.61 Å². The predicted molar refractivity (Wildman–Crippen MR) is 85.2 cm³/mol. The van der Waals surface area contributed by atoms with Gasteiger partial charge in [-0.3, -0.25) is 4.79 Å². The number of hydrogen-bond donors (Lipinski definition) is 0. The number of ether oxygens (including phenoxy) is 2. The van der Waals surface area contributed by atoms with Crippen molar-refractivity contribution >= 4 is 5.91 Å². The first-order valence-corrected chi connectivity index (χ1v) is 7.38. The maximum atomic E-state index is 12.5. The summed E-state index contributed by atoms with van der Waals surface area (Å²) in [6.07, 6.45) is 3.75. The van der Waals surface area contributed by atoms with Crippen LogP contribution in [0.5, 0.6) is 11.5 Å². The van der Waals surface area contributed by atoms with Crippen LogP contribution >= 0.6 is 0 Å². The summed E-state index contributed by atoms with van der Waals surface area (Å²) in [6.45, 7) is 9.61. The molecule has 4 heteroatoms. The Bertz CT molecular complexity index is 471. The zero-order valence-corrected chi connectivity index (χ0v) is 13.2. The summed E-state index contributed by atoms with van der Waals surface area (Å²) in [5, 5.41) is 0. The third-order valence-electron chi connectivity index (χ3n) is 3.22. The van der Waals surface area contributed by atoms with E-state index in [1.807, 2.05) is 11.8 Å². The summed E-state index contributed by atoms with van der Waals surface area (Å²) in [4.78, 5) is 14.3. The number of carbonyl (C=O) groups excluding carboxylic acids is 1. The van der Waals surface area contributed by atoms with Gasteiger partial charge in [-0.15, -0.1) is 0 Å². The van der Waals surface area contributed by atoms with Gasteiger partial charge in [-0.1, -0.05) is 26.0 Å². The van der Waals surface area contributed by atoms with Gasteiger partial charge in [-0.05, 0) is 31.5 Å². The summed E-state index contributed by atoms with van der Waals surface area (Å²) >= 11 is 0. The van der Waals surface area contributed by atoms with Gasteiger partial charge in [-0.25, -0.2) is 0 Å². The van der Waals surface area contributed by atoms with E-state index in [0.717, 1.165) is 19.4 Å². The number of carbonyl (C=O) groups is 1. The fraction of sp³-hybridized carbons (Fsp3) is 0.471. The van der Waals surface area contributed by atoms with Gasteiger partial charge in [0.25, 0.3) is 5.91 Å². The fourth-order valence-corrected chi connectivity index (χ4v) is 2.00. The van der Waals surface area contributed by atoms with Crippen molar-refractivity contribution in [1.82, 2.24) is 4.90 Å². The quantitative estimate of drug-likeness (QED) is 0.653. The van der Waals surface area contributed by atoms with Crippen LogP contribution in [0.2, 0.25) is 0 Å². The fourth-order valence-electron chi connectivity index (χ4n) is 2.00. The van der Waals surface area contributed by atoms with Crippen molar-refractivity contribution in [2.75, 3.05) is 26.8 Å². The molecule has 0 saturated carbocycles. The molecule has 1 aromatic carbocycles. The minimum Gasteiger partial charge on any atom is -0.493 e. The van der Waals surface area contributed by atoms with Gasteiger partial charge in [0, 0.05) is 18.7 Å². The first-order valence-electron chi connectivity index (χ1n) is 7.38. The number of methoxy groups -OCH3 is 1. The van der Waals surface area contributed by atoms with Crippen molar-refractivity contribution < 1.29 is 14.3 Å². The largest absolute Gasteiger partial charge is 0.493 e. The molecule has 0 spiro atoms. The van der Waals surface area contributed by atoms with Crippen LogP contribution < -0.4 is 9.47 Å². The summed E-state index contributed by atoms with van der Waals surface area (Å²) < 4.78 is 10.8. The Kier molecular flexibility index (Phi) is 7.37. The SMILES string of the molecule is C=CCOc1ccc(C(=O)N(CC)CCCC)cc1OC. The van der Waals surface area contributed by atoms with Crippen LogP contribution in [-0.2, 0) is 0 Å². The predicted octanol–water partition coefficient (Wildman–Crippen LogP) is 3.52.